The monoisotopic (exact) mass is 290 g/mol. The molecule has 1 fully saturated rings. The van der Waals surface area contributed by atoms with Crippen LogP contribution < -0.4 is 10.6 Å². The molecule has 1 aromatic carbocycles. The number of hydrogen-bond donors (Lipinski definition) is 2. The topological polar surface area (TPSA) is 67.4 Å². The molecule has 1 aliphatic heterocycles. The van der Waals surface area contributed by atoms with Crippen LogP contribution in [-0.4, -0.2) is 24.1 Å². The molecule has 1 aliphatic rings. The molecule has 0 aromatic heterocycles. The highest BCUT2D eigenvalue weighted by molar-refractivity contribution is 5.81. The quantitative estimate of drug-likeness (QED) is 0.873. The molecule has 21 heavy (non-hydrogen) atoms. The van der Waals surface area contributed by atoms with Crippen LogP contribution in [0.5, 0.6) is 0 Å². The van der Waals surface area contributed by atoms with Gasteiger partial charge in [-0.05, 0) is 17.9 Å². The zero-order valence-electron chi connectivity index (χ0n) is 12.5. The molecule has 0 unspecified atom stereocenters. The highest BCUT2D eigenvalue weighted by Gasteiger charge is 2.33. The first kappa shape index (κ1) is 15.4. The smallest absolute Gasteiger partial charge is 0.407 e. The van der Waals surface area contributed by atoms with E-state index in [4.69, 9.17) is 4.74 Å². The van der Waals surface area contributed by atoms with E-state index in [0.29, 0.717) is 12.3 Å². The minimum absolute atomic E-state index is 0.0122. The third-order valence-corrected chi connectivity index (χ3v) is 3.48. The molecule has 1 aromatic rings. The number of carbonyl (C=O) groups is 2. The Morgan fingerprint density at radius 1 is 1.38 bits per heavy atom. The van der Waals surface area contributed by atoms with Crippen molar-refractivity contribution in [2.45, 2.75) is 45.4 Å². The van der Waals surface area contributed by atoms with Crippen LogP contribution in [0.2, 0.25) is 0 Å². The van der Waals surface area contributed by atoms with Crippen molar-refractivity contribution >= 4 is 12.0 Å². The number of ether oxygens (including phenoxy) is 1. The summed E-state index contributed by atoms with van der Waals surface area (Å²) in [5, 5.41) is 5.70. The van der Waals surface area contributed by atoms with Crippen molar-refractivity contribution in [1.29, 1.82) is 0 Å². The Bertz CT molecular complexity index is 488. The summed E-state index contributed by atoms with van der Waals surface area (Å²) in [6, 6.07) is 9.30. The van der Waals surface area contributed by atoms with Gasteiger partial charge in [0.25, 0.3) is 0 Å². The van der Waals surface area contributed by atoms with Crippen molar-refractivity contribution in [2.75, 3.05) is 0 Å². The Kier molecular flexibility index (Phi) is 5.20. The molecule has 2 N–H and O–H groups in total. The number of nitrogens with one attached hydrogen (secondary N) is 2. The lowest BCUT2D eigenvalue weighted by molar-refractivity contribution is -0.119. The molecular formula is C16H22N2O3. The summed E-state index contributed by atoms with van der Waals surface area (Å²) >= 11 is 0. The summed E-state index contributed by atoms with van der Waals surface area (Å²) in [6.45, 7) is 4.42. The lowest BCUT2D eigenvalue weighted by atomic mass is 9.99. The highest BCUT2D eigenvalue weighted by atomic mass is 16.5. The van der Waals surface area contributed by atoms with Crippen molar-refractivity contribution in [3.05, 3.63) is 35.9 Å². The maximum absolute atomic E-state index is 11.8. The van der Waals surface area contributed by atoms with E-state index in [9.17, 15) is 9.59 Å². The first-order valence-corrected chi connectivity index (χ1v) is 7.31. The molecule has 2 rings (SSSR count). The standard InChI is InChI=1S/C16H22N2O3/c1-11(2)8-13-14(9-15(19)17-13)18-16(20)21-10-12-6-4-3-5-7-12/h3-7,11,13-14H,8-10H2,1-2H3,(H,17,19)(H,18,20)/t13-,14-/m1/s1. The molecule has 5 heteroatoms. The van der Waals surface area contributed by atoms with Crippen LogP contribution in [0, 0.1) is 5.92 Å². The Morgan fingerprint density at radius 3 is 2.76 bits per heavy atom. The van der Waals surface area contributed by atoms with E-state index in [1.54, 1.807) is 0 Å². The zero-order valence-corrected chi connectivity index (χ0v) is 12.5. The minimum Gasteiger partial charge on any atom is -0.445 e. The van der Waals surface area contributed by atoms with Gasteiger partial charge in [0.1, 0.15) is 6.61 Å². The Hall–Kier alpha value is -2.04. The first-order chi connectivity index (χ1) is 10.0. The van der Waals surface area contributed by atoms with E-state index >= 15 is 0 Å². The SMILES string of the molecule is CC(C)C[C@H]1NC(=O)C[C@H]1NC(=O)OCc1ccccc1. The van der Waals surface area contributed by atoms with E-state index in [1.165, 1.54) is 0 Å². The number of amides is 2. The number of carbonyl (C=O) groups excluding carboxylic acids is 2. The van der Waals surface area contributed by atoms with Gasteiger partial charge >= 0.3 is 6.09 Å². The van der Waals surface area contributed by atoms with E-state index in [0.717, 1.165) is 12.0 Å². The normalized spacial score (nSPS) is 21.2. The van der Waals surface area contributed by atoms with Crippen LogP contribution >= 0.6 is 0 Å². The molecule has 2 amide bonds. The average Bonchev–Trinajstić information content (AvgIpc) is 2.76. The third kappa shape index (κ3) is 4.77. The maximum Gasteiger partial charge on any atom is 0.407 e. The summed E-state index contributed by atoms with van der Waals surface area (Å²) in [5.74, 6) is 0.437. The van der Waals surface area contributed by atoms with Crippen LogP contribution in [0.4, 0.5) is 4.79 Å². The van der Waals surface area contributed by atoms with Gasteiger partial charge in [-0.25, -0.2) is 4.79 Å². The molecule has 0 radical (unpaired) electrons. The predicted molar refractivity (Wildman–Crippen MR) is 79.6 cm³/mol. The number of rotatable bonds is 5. The molecule has 0 bridgehead atoms. The summed E-state index contributed by atoms with van der Waals surface area (Å²) < 4.78 is 5.19. The van der Waals surface area contributed by atoms with E-state index < -0.39 is 6.09 Å². The van der Waals surface area contributed by atoms with Gasteiger partial charge in [-0.2, -0.15) is 0 Å². The van der Waals surface area contributed by atoms with Crippen molar-refractivity contribution in [3.63, 3.8) is 0 Å². The van der Waals surface area contributed by atoms with E-state index in [2.05, 4.69) is 24.5 Å². The van der Waals surface area contributed by atoms with Gasteiger partial charge in [-0.3, -0.25) is 4.79 Å². The number of benzene rings is 1. The molecule has 2 atom stereocenters. The second-order valence-electron chi connectivity index (χ2n) is 5.82. The molecule has 0 spiro atoms. The van der Waals surface area contributed by atoms with Crippen LogP contribution in [0.1, 0.15) is 32.3 Å². The molecule has 1 saturated heterocycles. The van der Waals surface area contributed by atoms with E-state index in [-0.39, 0.29) is 24.6 Å². The fourth-order valence-corrected chi connectivity index (χ4v) is 2.51. The van der Waals surface area contributed by atoms with Crippen LogP contribution in [-0.2, 0) is 16.1 Å². The molecule has 0 saturated carbocycles. The van der Waals surface area contributed by atoms with E-state index in [1.807, 2.05) is 30.3 Å². The summed E-state index contributed by atoms with van der Waals surface area (Å²) in [5.41, 5.74) is 0.937. The molecule has 0 aliphatic carbocycles. The Morgan fingerprint density at radius 2 is 2.10 bits per heavy atom. The average molecular weight is 290 g/mol. The minimum atomic E-state index is -0.478. The van der Waals surface area contributed by atoms with Crippen LogP contribution in [0.15, 0.2) is 30.3 Å². The van der Waals surface area contributed by atoms with Gasteiger partial charge in [0.05, 0.1) is 6.04 Å². The second kappa shape index (κ2) is 7.11. The fraction of sp³-hybridized carbons (Fsp3) is 0.500. The van der Waals surface area contributed by atoms with Gasteiger partial charge in [0.15, 0.2) is 0 Å². The van der Waals surface area contributed by atoms with Crippen LogP contribution in [0.3, 0.4) is 0 Å². The van der Waals surface area contributed by atoms with Crippen molar-refractivity contribution in [1.82, 2.24) is 10.6 Å². The second-order valence-corrected chi connectivity index (χ2v) is 5.82. The fourth-order valence-electron chi connectivity index (χ4n) is 2.51. The van der Waals surface area contributed by atoms with Gasteiger partial charge in [0.2, 0.25) is 5.91 Å². The van der Waals surface area contributed by atoms with Gasteiger partial charge < -0.3 is 15.4 Å². The predicted octanol–water partition coefficient (Wildman–Crippen LogP) is 2.22. The van der Waals surface area contributed by atoms with Crippen LogP contribution in [0.25, 0.3) is 0 Å². The number of hydrogen-bond acceptors (Lipinski definition) is 3. The van der Waals surface area contributed by atoms with Crippen molar-refractivity contribution in [3.8, 4) is 0 Å². The zero-order chi connectivity index (χ0) is 15.2. The Balaban J connectivity index is 1.82. The Labute approximate surface area is 125 Å². The lowest BCUT2D eigenvalue weighted by Gasteiger charge is -2.21. The van der Waals surface area contributed by atoms with Crippen molar-refractivity contribution < 1.29 is 14.3 Å². The van der Waals surface area contributed by atoms with Gasteiger partial charge in [-0.15, -0.1) is 0 Å². The summed E-state index contributed by atoms with van der Waals surface area (Å²) in [6.07, 6.45) is 0.682. The summed E-state index contributed by atoms with van der Waals surface area (Å²) in [7, 11) is 0. The third-order valence-electron chi connectivity index (χ3n) is 3.48. The lowest BCUT2D eigenvalue weighted by Crippen LogP contribution is -2.44. The molecule has 114 valence electrons. The maximum atomic E-state index is 11.8. The number of alkyl carbamates (subject to hydrolysis) is 1. The molecule has 1 heterocycles. The van der Waals surface area contributed by atoms with Gasteiger partial charge in [0, 0.05) is 12.5 Å². The summed E-state index contributed by atoms with van der Waals surface area (Å²) in [4.78, 5) is 23.3. The molecule has 5 nitrogen and oxygen atoms in total. The first-order valence-electron chi connectivity index (χ1n) is 7.31. The highest BCUT2D eigenvalue weighted by Crippen LogP contribution is 2.16. The largest absolute Gasteiger partial charge is 0.445 e. The van der Waals surface area contributed by atoms with Crippen molar-refractivity contribution in [2.24, 2.45) is 5.92 Å². The molecular weight excluding hydrogens is 268 g/mol. The van der Waals surface area contributed by atoms with Gasteiger partial charge in [-0.1, -0.05) is 44.2 Å².